The monoisotopic (exact) mass is 516 g/mol. The maximum absolute atomic E-state index is 14.0. The molecule has 5 atom stereocenters. The second-order valence-electron chi connectivity index (χ2n) is 10.6. The average molecular weight is 517 g/mol. The number of hydrogen-bond donors (Lipinski definition) is 2. The summed E-state index contributed by atoms with van der Waals surface area (Å²) < 4.78 is 11.6. The molecule has 6 rings (SSSR count). The number of anilines is 1. The van der Waals surface area contributed by atoms with Crippen molar-refractivity contribution in [1.29, 1.82) is 0 Å². The standard InChI is InChI=1S/C29H32N4O5/c1-37-21-11-9-20(10-12-21)31-26(34)23-22-13-14-29(38-22)24(23)28(36)33(17-18-6-5-15-30-16-18)25(29)27(35)32-19-7-3-2-4-8-19/h5-6,9-16,19,22-25H,2-4,7-8,17H2,1H3,(H,31,34)(H,32,35)/t22-,23+,24-,25-,29-/m1/s1. The van der Waals surface area contributed by atoms with Gasteiger partial charge >= 0.3 is 0 Å². The van der Waals surface area contributed by atoms with E-state index in [0.29, 0.717) is 11.4 Å². The minimum atomic E-state index is -1.19. The molecule has 4 aliphatic rings. The lowest BCUT2D eigenvalue weighted by atomic mass is 9.74. The van der Waals surface area contributed by atoms with E-state index < -0.39 is 29.6 Å². The Hall–Kier alpha value is -3.72. The molecule has 1 aromatic carbocycles. The number of hydrogen-bond acceptors (Lipinski definition) is 6. The van der Waals surface area contributed by atoms with E-state index >= 15 is 0 Å². The van der Waals surface area contributed by atoms with Crippen molar-refractivity contribution in [2.75, 3.05) is 12.4 Å². The Labute approximate surface area is 221 Å². The minimum Gasteiger partial charge on any atom is -0.497 e. The number of nitrogens with zero attached hydrogens (tertiary/aromatic N) is 2. The number of methoxy groups -OCH3 is 1. The smallest absolute Gasteiger partial charge is 0.246 e. The number of carbonyl (C=O) groups is 3. The SMILES string of the molecule is COc1ccc(NC(=O)[C@H]2[C@H]3C=C[C@@]4(O3)[C@H]2C(=O)N(Cc2cccnc2)[C@@H]4C(=O)NC2CCCCC2)cc1. The van der Waals surface area contributed by atoms with Gasteiger partial charge < -0.3 is 25.0 Å². The highest BCUT2D eigenvalue weighted by Gasteiger charge is 2.72. The molecule has 0 unspecified atom stereocenters. The fourth-order valence-electron chi connectivity index (χ4n) is 6.55. The number of rotatable bonds is 7. The molecule has 2 aromatic rings. The van der Waals surface area contributed by atoms with Gasteiger partial charge in [0.2, 0.25) is 17.7 Å². The first-order chi connectivity index (χ1) is 18.5. The quantitative estimate of drug-likeness (QED) is 0.548. The van der Waals surface area contributed by atoms with Gasteiger partial charge in [0, 0.05) is 30.7 Å². The summed E-state index contributed by atoms with van der Waals surface area (Å²) in [5.74, 6) is -1.65. The summed E-state index contributed by atoms with van der Waals surface area (Å²) in [4.78, 5) is 47.2. The summed E-state index contributed by atoms with van der Waals surface area (Å²) in [6, 6.07) is 9.92. The van der Waals surface area contributed by atoms with Crippen LogP contribution in [0.4, 0.5) is 5.69 Å². The highest BCUT2D eigenvalue weighted by molar-refractivity contribution is 6.02. The predicted molar refractivity (Wildman–Crippen MR) is 139 cm³/mol. The largest absolute Gasteiger partial charge is 0.497 e. The van der Waals surface area contributed by atoms with Gasteiger partial charge in [-0.1, -0.05) is 37.5 Å². The maximum Gasteiger partial charge on any atom is 0.246 e. The van der Waals surface area contributed by atoms with Crippen LogP contribution >= 0.6 is 0 Å². The van der Waals surface area contributed by atoms with Gasteiger partial charge in [-0.15, -0.1) is 0 Å². The molecule has 2 saturated heterocycles. The molecule has 3 amide bonds. The number of benzene rings is 1. The number of fused-ring (bicyclic) bond motifs is 1. The number of likely N-dealkylation sites (tertiary alicyclic amines) is 1. The molecule has 9 nitrogen and oxygen atoms in total. The van der Waals surface area contributed by atoms with Crippen molar-refractivity contribution in [2.24, 2.45) is 11.8 Å². The van der Waals surface area contributed by atoms with E-state index in [4.69, 9.17) is 9.47 Å². The Bertz CT molecular complexity index is 1240. The first-order valence-corrected chi connectivity index (χ1v) is 13.3. The second-order valence-corrected chi connectivity index (χ2v) is 10.6. The third kappa shape index (κ3) is 4.15. The van der Waals surface area contributed by atoms with Gasteiger partial charge in [-0.05, 0) is 48.7 Å². The van der Waals surface area contributed by atoms with Gasteiger partial charge in [-0.25, -0.2) is 0 Å². The molecular weight excluding hydrogens is 484 g/mol. The number of ether oxygens (including phenoxy) is 2. The zero-order valence-corrected chi connectivity index (χ0v) is 21.3. The lowest BCUT2D eigenvalue weighted by Gasteiger charge is -2.34. The zero-order valence-electron chi connectivity index (χ0n) is 21.3. The molecule has 1 spiro atoms. The molecule has 4 heterocycles. The molecule has 0 radical (unpaired) electrons. The van der Waals surface area contributed by atoms with E-state index in [2.05, 4.69) is 15.6 Å². The van der Waals surface area contributed by atoms with Crippen LogP contribution in [0.1, 0.15) is 37.7 Å². The molecular formula is C29H32N4O5. The van der Waals surface area contributed by atoms with Crippen LogP contribution in [0.2, 0.25) is 0 Å². The number of amides is 3. The van der Waals surface area contributed by atoms with E-state index in [1.54, 1.807) is 54.7 Å². The fraction of sp³-hybridized carbons (Fsp3) is 0.448. The number of nitrogens with one attached hydrogen (secondary N) is 2. The molecule has 1 aromatic heterocycles. The molecule has 2 bridgehead atoms. The second kappa shape index (κ2) is 9.87. The van der Waals surface area contributed by atoms with Gasteiger partial charge in [-0.2, -0.15) is 0 Å². The summed E-state index contributed by atoms with van der Waals surface area (Å²) in [6.07, 6.45) is 11.6. The van der Waals surface area contributed by atoms with Gasteiger partial charge in [0.05, 0.1) is 25.0 Å². The molecule has 38 heavy (non-hydrogen) atoms. The van der Waals surface area contributed by atoms with Gasteiger partial charge in [0.25, 0.3) is 0 Å². The van der Waals surface area contributed by atoms with Crippen molar-refractivity contribution in [1.82, 2.24) is 15.2 Å². The Morgan fingerprint density at radius 2 is 1.92 bits per heavy atom. The molecule has 9 heteroatoms. The highest BCUT2D eigenvalue weighted by Crippen LogP contribution is 2.55. The van der Waals surface area contributed by atoms with Crippen molar-refractivity contribution in [2.45, 2.75) is 62.4 Å². The number of aromatic nitrogens is 1. The lowest BCUT2D eigenvalue weighted by Crippen LogP contribution is -2.56. The Morgan fingerprint density at radius 1 is 1.13 bits per heavy atom. The van der Waals surface area contributed by atoms with Crippen LogP contribution in [0, 0.1) is 11.8 Å². The normalized spacial score (nSPS) is 29.8. The van der Waals surface area contributed by atoms with Crippen molar-refractivity contribution < 1.29 is 23.9 Å². The van der Waals surface area contributed by atoms with Gasteiger partial charge in [0.15, 0.2) is 0 Å². The molecule has 3 aliphatic heterocycles. The van der Waals surface area contributed by atoms with Crippen LogP contribution in [-0.4, -0.2) is 58.5 Å². The third-order valence-electron chi connectivity index (χ3n) is 8.31. The van der Waals surface area contributed by atoms with Crippen LogP contribution < -0.4 is 15.4 Å². The first kappa shape index (κ1) is 24.6. The van der Waals surface area contributed by atoms with Crippen LogP contribution in [0.3, 0.4) is 0 Å². The summed E-state index contributed by atoms with van der Waals surface area (Å²) in [7, 11) is 1.58. The molecule has 1 aliphatic carbocycles. The Kier molecular flexibility index (Phi) is 6.39. The Balaban J connectivity index is 1.30. The molecule has 3 fully saturated rings. The van der Waals surface area contributed by atoms with Gasteiger partial charge in [-0.3, -0.25) is 19.4 Å². The van der Waals surface area contributed by atoms with Gasteiger partial charge in [0.1, 0.15) is 17.4 Å². The van der Waals surface area contributed by atoms with Crippen LogP contribution in [0.5, 0.6) is 5.75 Å². The van der Waals surface area contributed by atoms with Crippen LogP contribution in [-0.2, 0) is 25.7 Å². The predicted octanol–water partition coefficient (Wildman–Crippen LogP) is 2.83. The van der Waals surface area contributed by atoms with E-state index in [0.717, 1.165) is 31.2 Å². The van der Waals surface area contributed by atoms with Crippen molar-refractivity contribution in [3.05, 3.63) is 66.5 Å². The topological polar surface area (TPSA) is 110 Å². The maximum atomic E-state index is 14.0. The van der Waals surface area contributed by atoms with Crippen molar-refractivity contribution in [3.63, 3.8) is 0 Å². The van der Waals surface area contributed by atoms with E-state index in [-0.39, 0.29) is 30.3 Å². The summed E-state index contributed by atoms with van der Waals surface area (Å²) in [6.45, 7) is 0.211. The third-order valence-corrected chi connectivity index (χ3v) is 8.31. The molecule has 1 saturated carbocycles. The molecule has 198 valence electrons. The summed E-state index contributed by atoms with van der Waals surface area (Å²) in [5.41, 5.74) is 0.219. The first-order valence-electron chi connectivity index (χ1n) is 13.3. The van der Waals surface area contributed by atoms with Crippen molar-refractivity contribution in [3.8, 4) is 5.75 Å². The van der Waals surface area contributed by atoms with Crippen LogP contribution in [0.15, 0.2) is 60.9 Å². The number of pyridine rings is 1. The minimum absolute atomic E-state index is 0.0822. The average Bonchev–Trinajstić information content (AvgIpc) is 3.58. The fourth-order valence-corrected chi connectivity index (χ4v) is 6.55. The van der Waals surface area contributed by atoms with E-state index in [9.17, 15) is 14.4 Å². The zero-order chi connectivity index (χ0) is 26.3. The summed E-state index contributed by atoms with van der Waals surface area (Å²) in [5, 5.41) is 6.14. The van der Waals surface area contributed by atoms with E-state index in [1.165, 1.54) is 6.42 Å². The van der Waals surface area contributed by atoms with Crippen molar-refractivity contribution >= 4 is 23.4 Å². The Morgan fingerprint density at radius 3 is 2.63 bits per heavy atom. The molecule has 2 N–H and O–H groups in total. The lowest BCUT2D eigenvalue weighted by molar-refractivity contribution is -0.142. The highest BCUT2D eigenvalue weighted by atomic mass is 16.5. The number of carbonyl (C=O) groups excluding carboxylic acids is 3. The summed E-state index contributed by atoms with van der Waals surface area (Å²) >= 11 is 0. The van der Waals surface area contributed by atoms with Crippen LogP contribution in [0.25, 0.3) is 0 Å². The van der Waals surface area contributed by atoms with E-state index in [1.807, 2.05) is 18.2 Å².